The van der Waals surface area contributed by atoms with Crippen LogP contribution in [0.1, 0.15) is 6.92 Å². The van der Waals surface area contributed by atoms with Gasteiger partial charge in [-0.15, -0.1) is 0 Å². The Hall–Kier alpha value is -1.89. The highest BCUT2D eigenvalue weighted by atomic mass is 32.2. The maximum absolute atomic E-state index is 10.5. The number of thioether (sulfide) groups is 1. The molecule has 18 heavy (non-hydrogen) atoms. The van der Waals surface area contributed by atoms with Crippen molar-refractivity contribution in [2.24, 2.45) is 0 Å². The summed E-state index contributed by atoms with van der Waals surface area (Å²) in [5.74, 6) is -0.926. The van der Waals surface area contributed by atoms with Crippen LogP contribution in [0.25, 0.3) is 11.3 Å². The molecule has 0 unspecified atom stereocenters. The minimum absolute atomic E-state index is 0.0440. The molecule has 0 aliphatic rings. The monoisotopic (exact) mass is 264 g/mol. The molecular formula is C11H12N4O2S. The fraction of sp³-hybridized carbons (Fsp3) is 0.273. The van der Waals surface area contributed by atoms with Crippen molar-refractivity contribution in [3.8, 4) is 11.3 Å². The number of rotatable bonds is 5. The zero-order valence-electron chi connectivity index (χ0n) is 9.78. The molecule has 0 radical (unpaired) electrons. The molecule has 0 saturated heterocycles. The van der Waals surface area contributed by atoms with Crippen molar-refractivity contribution in [2.45, 2.75) is 18.6 Å². The third kappa shape index (κ3) is 3.07. The van der Waals surface area contributed by atoms with E-state index in [1.807, 2.05) is 17.8 Å². The Morgan fingerprint density at radius 2 is 2.39 bits per heavy atom. The lowest BCUT2D eigenvalue weighted by Crippen LogP contribution is -1.99. The van der Waals surface area contributed by atoms with E-state index in [9.17, 15) is 4.79 Å². The molecule has 2 heterocycles. The number of aromatic nitrogens is 4. The van der Waals surface area contributed by atoms with Gasteiger partial charge in [-0.1, -0.05) is 11.8 Å². The third-order valence-corrected chi connectivity index (χ3v) is 3.06. The van der Waals surface area contributed by atoms with Crippen LogP contribution in [0.5, 0.6) is 0 Å². The summed E-state index contributed by atoms with van der Waals surface area (Å²) in [6, 6.07) is 1.78. The number of nitrogens with zero attached hydrogens (tertiary/aromatic N) is 4. The van der Waals surface area contributed by atoms with Crippen LogP contribution in [-0.4, -0.2) is 36.6 Å². The Morgan fingerprint density at radius 3 is 3.06 bits per heavy atom. The summed E-state index contributed by atoms with van der Waals surface area (Å²) >= 11 is 1.10. The van der Waals surface area contributed by atoms with E-state index < -0.39 is 5.97 Å². The Balaban J connectivity index is 2.18. The van der Waals surface area contributed by atoms with Crippen LogP contribution in [0.2, 0.25) is 0 Å². The normalized spacial score (nSPS) is 10.5. The summed E-state index contributed by atoms with van der Waals surface area (Å²) in [6.45, 7) is 2.80. The van der Waals surface area contributed by atoms with Crippen molar-refractivity contribution in [1.82, 2.24) is 19.7 Å². The Labute approximate surface area is 108 Å². The van der Waals surface area contributed by atoms with Gasteiger partial charge in [-0.3, -0.25) is 9.48 Å². The highest BCUT2D eigenvalue weighted by Gasteiger charge is 2.06. The van der Waals surface area contributed by atoms with Crippen LogP contribution in [0, 0.1) is 0 Å². The van der Waals surface area contributed by atoms with E-state index in [2.05, 4.69) is 15.1 Å². The fourth-order valence-electron chi connectivity index (χ4n) is 1.37. The molecule has 0 spiro atoms. The molecule has 6 nitrogen and oxygen atoms in total. The van der Waals surface area contributed by atoms with E-state index in [0.717, 1.165) is 29.6 Å². The van der Waals surface area contributed by atoms with Gasteiger partial charge in [-0.05, 0) is 13.0 Å². The SMILES string of the molecule is CCn1cc(-c2ccnc(SCC(=O)O)n2)cn1. The van der Waals surface area contributed by atoms with Crippen LogP contribution in [-0.2, 0) is 11.3 Å². The summed E-state index contributed by atoms with van der Waals surface area (Å²) < 4.78 is 1.81. The van der Waals surface area contributed by atoms with Crippen molar-refractivity contribution in [2.75, 3.05) is 5.75 Å². The van der Waals surface area contributed by atoms with Gasteiger partial charge >= 0.3 is 5.97 Å². The smallest absolute Gasteiger partial charge is 0.313 e. The summed E-state index contributed by atoms with van der Waals surface area (Å²) in [6.07, 6.45) is 5.25. The number of hydrogen-bond donors (Lipinski definition) is 1. The van der Waals surface area contributed by atoms with Crippen LogP contribution >= 0.6 is 11.8 Å². The first-order valence-corrected chi connectivity index (χ1v) is 6.38. The standard InChI is InChI=1S/C11H12N4O2S/c1-2-15-6-8(5-13-15)9-3-4-12-11(14-9)18-7-10(16)17/h3-6H,2,7H2,1H3,(H,16,17). The molecule has 0 saturated carbocycles. The molecule has 2 rings (SSSR count). The predicted molar refractivity (Wildman–Crippen MR) is 67.3 cm³/mol. The number of carboxylic acids is 1. The van der Waals surface area contributed by atoms with E-state index in [1.165, 1.54) is 0 Å². The highest BCUT2D eigenvalue weighted by Crippen LogP contribution is 2.19. The Morgan fingerprint density at radius 1 is 1.56 bits per heavy atom. The summed E-state index contributed by atoms with van der Waals surface area (Å²) in [5, 5.41) is 13.2. The molecule has 0 aliphatic carbocycles. The fourth-order valence-corrected chi connectivity index (χ4v) is 1.92. The van der Waals surface area contributed by atoms with E-state index in [0.29, 0.717) is 5.16 Å². The van der Waals surface area contributed by atoms with Crippen LogP contribution in [0.15, 0.2) is 29.8 Å². The summed E-state index contributed by atoms with van der Waals surface area (Å²) in [4.78, 5) is 18.8. The predicted octanol–water partition coefficient (Wildman–Crippen LogP) is 1.54. The second-order valence-corrected chi connectivity index (χ2v) is 4.43. The average molecular weight is 264 g/mol. The molecule has 0 bridgehead atoms. The molecule has 2 aromatic heterocycles. The van der Waals surface area contributed by atoms with Crippen molar-refractivity contribution >= 4 is 17.7 Å². The molecule has 0 aliphatic heterocycles. The van der Waals surface area contributed by atoms with Gasteiger partial charge in [0.25, 0.3) is 0 Å². The third-order valence-electron chi connectivity index (χ3n) is 2.21. The highest BCUT2D eigenvalue weighted by molar-refractivity contribution is 7.99. The average Bonchev–Trinajstić information content (AvgIpc) is 2.85. The number of carbonyl (C=O) groups is 1. The molecule has 0 amide bonds. The lowest BCUT2D eigenvalue weighted by atomic mass is 10.2. The topological polar surface area (TPSA) is 80.9 Å². The molecule has 0 fully saturated rings. The second-order valence-electron chi connectivity index (χ2n) is 3.49. The zero-order chi connectivity index (χ0) is 13.0. The lowest BCUT2D eigenvalue weighted by molar-refractivity contribution is -0.133. The van der Waals surface area contributed by atoms with Gasteiger partial charge in [0.2, 0.25) is 0 Å². The van der Waals surface area contributed by atoms with Gasteiger partial charge in [0.05, 0.1) is 17.6 Å². The maximum Gasteiger partial charge on any atom is 0.313 e. The maximum atomic E-state index is 10.5. The number of aryl methyl sites for hydroxylation is 1. The second kappa shape index (κ2) is 5.63. The minimum atomic E-state index is -0.882. The van der Waals surface area contributed by atoms with E-state index in [-0.39, 0.29) is 5.75 Å². The largest absolute Gasteiger partial charge is 0.481 e. The van der Waals surface area contributed by atoms with Crippen molar-refractivity contribution in [1.29, 1.82) is 0 Å². The van der Waals surface area contributed by atoms with Gasteiger partial charge < -0.3 is 5.11 Å². The quantitative estimate of drug-likeness (QED) is 0.651. The first-order valence-electron chi connectivity index (χ1n) is 5.39. The van der Waals surface area contributed by atoms with Gasteiger partial charge in [0, 0.05) is 24.5 Å². The van der Waals surface area contributed by atoms with E-state index in [4.69, 9.17) is 5.11 Å². The van der Waals surface area contributed by atoms with Crippen LogP contribution < -0.4 is 0 Å². The van der Waals surface area contributed by atoms with Gasteiger partial charge in [0.1, 0.15) is 0 Å². The molecule has 94 valence electrons. The minimum Gasteiger partial charge on any atom is -0.481 e. The van der Waals surface area contributed by atoms with E-state index >= 15 is 0 Å². The molecular weight excluding hydrogens is 252 g/mol. The van der Waals surface area contributed by atoms with Crippen LogP contribution in [0.4, 0.5) is 0 Å². The van der Waals surface area contributed by atoms with Crippen molar-refractivity contribution < 1.29 is 9.90 Å². The Kier molecular flexibility index (Phi) is 3.93. The van der Waals surface area contributed by atoms with Crippen LogP contribution in [0.3, 0.4) is 0 Å². The molecule has 7 heteroatoms. The summed E-state index contributed by atoms with van der Waals surface area (Å²) in [7, 11) is 0. The first-order chi connectivity index (χ1) is 8.69. The molecule has 1 N–H and O–H groups in total. The first kappa shape index (κ1) is 12.6. The van der Waals surface area contributed by atoms with Crippen molar-refractivity contribution in [3.63, 3.8) is 0 Å². The number of carboxylic acid groups (broad SMARTS) is 1. The number of hydrogen-bond acceptors (Lipinski definition) is 5. The Bertz CT molecular complexity index is 555. The lowest BCUT2D eigenvalue weighted by Gasteiger charge is -2.00. The molecule has 0 aromatic carbocycles. The molecule has 2 aromatic rings. The zero-order valence-corrected chi connectivity index (χ0v) is 10.6. The van der Waals surface area contributed by atoms with Gasteiger partial charge in [0.15, 0.2) is 5.16 Å². The van der Waals surface area contributed by atoms with Gasteiger partial charge in [-0.2, -0.15) is 5.10 Å². The number of aliphatic carboxylic acids is 1. The molecule has 0 atom stereocenters. The van der Waals surface area contributed by atoms with E-state index in [1.54, 1.807) is 18.5 Å². The van der Waals surface area contributed by atoms with Gasteiger partial charge in [-0.25, -0.2) is 9.97 Å². The summed E-state index contributed by atoms with van der Waals surface area (Å²) in [5.41, 5.74) is 1.65. The van der Waals surface area contributed by atoms with Crippen molar-refractivity contribution in [3.05, 3.63) is 24.7 Å².